The lowest BCUT2D eigenvalue weighted by molar-refractivity contribution is 0.102. The third-order valence-corrected chi connectivity index (χ3v) is 6.37. The highest BCUT2D eigenvalue weighted by Gasteiger charge is 2.24. The summed E-state index contributed by atoms with van der Waals surface area (Å²) < 4.78 is 24.9. The lowest BCUT2D eigenvalue weighted by Gasteiger charge is -2.05. The van der Waals surface area contributed by atoms with Crippen LogP contribution in [0.5, 0.6) is 0 Å². The molecule has 0 aliphatic rings. The fraction of sp³-hybridized carbons (Fsp3) is 0.0833. The van der Waals surface area contributed by atoms with Crippen LogP contribution in [0.2, 0.25) is 18.7 Å². The van der Waals surface area contributed by atoms with Gasteiger partial charge in [-0.2, -0.15) is 0 Å². The van der Waals surface area contributed by atoms with Gasteiger partial charge in [0.2, 0.25) is 0 Å². The summed E-state index contributed by atoms with van der Waals surface area (Å²) in [5.41, 5.74) is 0.0929. The maximum Gasteiger partial charge on any atom is 0.185 e. The summed E-state index contributed by atoms with van der Waals surface area (Å²) in [6.45, 7) is 0. The van der Waals surface area contributed by atoms with Crippen LogP contribution >= 0.6 is 57.7 Å². The number of rotatable bonds is 4. The van der Waals surface area contributed by atoms with Gasteiger partial charge in [-0.3, -0.25) is 4.79 Å². The molecule has 0 fully saturated rings. The zero-order valence-corrected chi connectivity index (χ0v) is 14.7. The Morgan fingerprint density at radius 3 is 2.24 bits per heavy atom. The quantitative estimate of drug-likeness (QED) is 0.673. The third-order valence-electron chi connectivity index (χ3n) is 2.53. The summed E-state index contributed by atoms with van der Waals surface area (Å²) in [5, 5.41) is 0.330. The molecule has 0 atom stereocenters. The number of carbonyl (C=O) groups is 1. The summed E-state index contributed by atoms with van der Waals surface area (Å²) >= 11 is 24.1. The zero-order valence-electron chi connectivity index (χ0n) is 10.1. The van der Waals surface area contributed by atoms with Crippen molar-refractivity contribution in [2.45, 2.75) is 4.90 Å². The van der Waals surface area contributed by atoms with Crippen molar-refractivity contribution in [1.29, 1.82) is 0 Å². The van der Waals surface area contributed by atoms with Crippen molar-refractivity contribution in [2.75, 3.05) is 5.75 Å². The van der Waals surface area contributed by atoms with Gasteiger partial charge in [0.15, 0.2) is 15.6 Å². The molecule has 2 rings (SSSR count). The molecule has 3 nitrogen and oxygen atoms in total. The second kappa shape index (κ2) is 6.44. The molecular formula is C12H6Cl4O3S2. The summed E-state index contributed by atoms with van der Waals surface area (Å²) in [7, 11) is -3.84. The van der Waals surface area contributed by atoms with Crippen molar-refractivity contribution in [2.24, 2.45) is 0 Å². The van der Waals surface area contributed by atoms with Crippen molar-refractivity contribution in [3.63, 3.8) is 0 Å². The first-order valence-electron chi connectivity index (χ1n) is 5.36. The van der Waals surface area contributed by atoms with Crippen molar-refractivity contribution < 1.29 is 13.2 Å². The van der Waals surface area contributed by atoms with Gasteiger partial charge in [0.1, 0.15) is 10.1 Å². The molecular weight excluding hydrogens is 398 g/mol. The molecule has 1 aromatic heterocycles. The normalized spacial score (nSPS) is 11.6. The molecule has 1 aromatic carbocycles. The lowest BCUT2D eigenvalue weighted by atomic mass is 10.2. The van der Waals surface area contributed by atoms with E-state index in [-0.39, 0.29) is 24.8 Å². The number of benzene rings is 1. The molecule has 9 heteroatoms. The second-order valence-electron chi connectivity index (χ2n) is 4.00. The third kappa shape index (κ3) is 3.92. The Labute approximate surface area is 145 Å². The number of thiophene rings is 1. The molecule has 0 unspecified atom stereocenters. The van der Waals surface area contributed by atoms with E-state index in [1.807, 2.05) is 0 Å². The van der Waals surface area contributed by atoms with Crippen LogP contribution in [0.3, 0.4) is 0 Å². The fourth-order valence-corrected chi connectivity index (χ4v) is 4.64. The number of hydrogen-bond donors (Lipinski definition) is 0. The number of ketones is 1. The highest BCUT2D eigenvalue weighted by Crippen LogP contribution is 2.32. The number of halogens is 4. The number of Topliss-reactive ketones (excluding diaryl/α,β-unsaturated/α-hetero) is 1. The van der Waals surface area contributed by atoms with E-state index < -0.39 is 21.4 Å². The van der Waals surface area contributed by atoms with Gasteiger partial charge in [-0.15, -0.1) is 11.3 Å². The molecule has 0 aliphatic heterocycles. The average Bonchev–Trinajstić information content (AvgIpc) is 2.71. The summed E-state index contributed by atoms with van der Waals surface area (Å²) in [6.07, 6.45) is 0. The summed E-state index contributed by atoms with van der Waals surface area (Å²) in [6, 6.07) is 5.20. The van der Waals surface area contributed by atoms with E-state index in [9.17, 15) is 13.2 Å². The Morgan fingerprint density at radius 2 is 1.71 bits per heavy atom. The SMILES string of the molecule is O=C(CS(=O)(=O)c1ccc(Cl)c(Cl)c1)c1cc(Cl)sc1Cl. The first-order valence-corrected chi connectivity index (χ1v) is 9.34. The van der Waals surface area contributed by atoms with Crippen LogP contribution in [0.25, 0.3) is 0 Å². The molecule has 0 aliphatic carbocycles. The lowest BCUT2D eigenvalue weighted by Crippen LogP contribution is -2.16. The Hall–Kier alpha value is -0.300. The van der Waals surface area contributed by atoms with Crippen molar-refractivity contribution >= 4 is 73.4 Å². The molecule has 112 valence electrons. The van der Waals surface area contributed by atoms with Crippen LogP contribution in [0.1, 0.15) is 10.4 Å². The summed E-state index contributed by atoms with van der Waals surface area (Å²) in [5.74, 6) is -1.35. The minimum atomic E-state index is -3.84. The van der Waals surface area contributed by atoms with E-state index in [1.165, 1.54) is 24.3 Å². The van der Waals surface area contributed by atoms with E-state index in [0.29, 0.717) is 4.34 Å². The van der Waals surface area contributed by atoms with Crippen molar-refractivity contribution in [3.8, 4) is 0 Å². The topological polar surface area (TPSA) is 51.2 Å². The highest BCUT2D eigenvalue weighted by molar-refractivity contribution is 7.92. The standard InChI is InChI=1S/C12H6Cl4O3S2/c13-8-2-1-6(3-9(8)14)21(18,19)5-10(17)7-4-11(15)20-12(7)16/h1-4H,5H2. The molecule has 0 bridgehead atoms. The Morgan fingerprint density at radius 1 is 1.05 bits per heavy atom. The van der Waals surface area contributed by atoms with E-state index >= 15 is 0 Å². The van der Waals surface area contributed by atoms with Gasteiger partial charge in [0.25, 0.3) is 0 Å². The first kappa shape index (κ1) is 17.1. The number of hydrogen-bond acceptors (Lipinski definition) is 4. The zero-order chi connectivity index (χ0) is 15.8. The van der Waals surface area contributed by atoms with E-state index in [4.69, 9.17) is 46.4 Å². The molecule has 0 saturated carbocycles. The molecule has 1 heterocycles. The molecule has 0 radical (unpaired) electrons. The van der Waals surface area contributed by atoms with Gasteiger partial charge < -0.3 is 0 Å². The van der Waals surface area contributed by atoms with Crippen LogP contribution in [0.15, 0.2) is 29.2 Å². The van der Waals surface area contributed by atoms with Crippen LogP contribution in [-0.2, 0) is 9.84 Å². The van der Waals surface area contributed by atoms with Gasteiger partial charge in [0, 0.05) is 5.56 Å². The van der Waals surface area contributed by atoms with Crippen LogP contribution in [-0.4, -0.2) is 20.0 Å². The van der Waals surface area contributed by atoms with E-state index in [1.54, 1.807) is 0 Å². The molecule has 0 spiro atoms. The van der Waals surface area contributed by atoms with Crippen LogP contribution in [0.4, 0.5) is 0 Å². The van der Waals surface area contributed by atoms with Gasteiger partial charge in [0.05, 0.1) is 19.3 Å². The largest absolute Gasteiger partial charge is 0.293 e. The van der Waals surface area contributed by atoms with Gasteiger partial charge >= 0.3 is 0 Å². The minimum absolute atomic E-state index is 0.0808. The predicted octanol–water partition coefficient (Wildman–Crippen LogP) is 5.02. The smallest absolute Gasteiger partial charge is 0.185 e. The van der Waals surface area contributed by atoms with Crippen LogP contribution in [0, 0.1) is 0 Å². The van der Waals surface area contributed by atoms with Gasteiger partial charge in [-0.05, 0) is 24.3 Å². The summed E-state index contributed by atoms with van der Waals surface area (Å²) in [4.78, 5) is 12.0. The minimum Gasteiger partial charge on any atom is -0.293 e. The van der Waals surface area contributed by atoms with Crippen molar-refractivity contribution in [1.82, 2.24) is 0 Å². The van der Waals surface area contributed by atoms with Crippen LogP contribution < -0.4 is 0 Å². The van der Waals surface area contributed by atoms with E-state index in [0.717, 1.165) is 11.3 Å². The number of sulfone groups is 1. The van der Waals surface area contributed by atoms with Crippen molar-refractivity contribution in [3.05, 3.63) is 48.5 Å². The highest BCUT2D eigenvalue weighted by atomic mass is 35.5. The average molecular weight is 404 g/mol. The molecule has 2 aromatic rings. The molecule has 0 N–H and O–H groups in total. The Kier molecular flexibility index (Phi) is 5.23. The first-order chi connectivity index (χ1) is 9.70. The molecule has 0 saturated heterocycles. The fourth-order valence-electron chi connectivity index (χ4n) is 1.53. The molecule has 0 amide bonds. The Bertz CT molecular complexity index is 812. The Balaban J connectivity index is 2.31. The van der Waals surface area contributed by atoms with Gasteiger partial charge in [-0.25, -0.2) is 8.42 Å². The monoisotopic (exact) mass is 402 g/mol. The molecule has 21 heavy (non-hydrogen) atoms. The maximum absolute atomic E-state index is 12.2. The van der Waals surface area contributed by atoms with Gasteiger partial charge in [-0.1, -0.05) is 46.4 Å². The second-order valence-corrected chi connectivity index (χ2v) is 9.09. The maximum atomic E-state index is 12.2. The number of carbonyl (C=O) groups excluding carboxylic acids is 1. The predicted molar refractivity (Wildman–Crippen MR) is 87.2 cm³/mol. The van der Waals surface area contributed by atoms with E-state index in [2.05, 4.69) is 0 Å².